The molecular formula is C13H11ClN2O4. The van der Waals surface area contributed by atoms with Crippen LogP contribution in [0.4, 0.5) is 5.69 Å². The Hall–Kier alpha value is -2.34. The van der Waals surface area contributed by atoms with Gasteiger partial charge in [0.25, 0.3) is 0 Å². The molecule has 0 radical (unpaired) electrons. The Morgan fingerprint density at radius 3 is 2.80 bits per heavy atom. The number of rotatable bonds is 5. The molecule has 0 bridgehead atoms. The topological polar surface area (TPSA) is 74.4 Å². The molecular weight excluding hydrogens is 284 g/mol. The fourth-order valence-electron chi connectivity index (χ4n) is 1.65. The largest absolute Gasteiger partial charge is 0.478 e. The molecule has 0 aliphatic rings. The number of carbonyl (C=O) groups is 1. The number of nitro groups is 1. The Morgan fingerprint density at radius 2 is 2.20 bits per heavy atom. The highest BCUT2D eigenvalue weighted by molar-refractivity contribution is 6.30. The summed E-state index contributed by atoms with van der Waals surface area (Å²) >= 11 is 5.69. The number of Topliss-reactive ketones (excluding diaryl/α,β-unsaturated/α-hetero) is 1. The first-order valence-electron chi connectivity index (χ1n) is 5.69. The zero-order valence-electron chi connectivity index (χ0n) is 10.6. The van der Waals surface area contributed by atoms with Crippen LogP contribution in [0.3, 0.4) is 0 Å². The first-order chi connectivity index (χ1) is 9.47. The van der Waals surface area contributed by atoms with Crippen molar-refractivity contribution in [2.75, 3.05) is 6.61 Å². The number of aromatic nitrogens is 1. The number of halogens is 1. The van der Waals surface area contributed by atoms with Crippen molar-refractivity contribution in [3.63, 3.8) is 0 Å². The smallest absolute Gasteiger partial charge is 0.312 e. The Labute approximate surface area is 119 Å². The van der Waals surface area contributed by atoms with E-state index in [1.54, 1.807) is 30.1 Å². The lowest BCUT2D eigenvalue weighted by Crippen LogP contribution is -2.11. The maximum atomic E-state index is 11.8. The van der Waals surface area contributed by atoms with E-state index in [9.17, 15) is 14.9 Å². The molecule has 20 heavy (non-hydrogen) atoms. The maximum absolute atomic E-state index is 11.8. The molecule has 0 atom stereocenters. The first kappa shape index (κ1) is 14.1. The lowest BCUT2D eigenvalue weighted by Gasteiger charge is -2.05. The average Bonchev–Trinajstić information content (AvgIpc) is 2.83. The summed E-state index contributed by atoms with van der Waals surface area (Å²) in [5.41, 5.74) is 0.225. The van der Waals surface area contributed by atoms with Gasteiger partial charge in [-0.1, -0.05) is 11.6 Å². The monoisotopic (exact) mass is 294 g/mol. The normalized spacial score (nSPS) is 10.3. The summed E-state index contributed by atoms with van der Waals surface area (Å²) < 4.78 is 6.95. The van der Waals surface area contributed by atoms with Crippen LogP contribution in [0.1, 0.15) is 10.4 Å². The van der Waals surface area contributed by atoms with Crippen LogP contribution in [-0.4, -0.2) is 21.9 Å². The minimum Gasteiger partial charge on any atom is -0.478 e. The SMILES string of the molecule is Cn1ccc(C(=O)COc2ccc(Cl)cc2[N+](=O)[O-])c1. The molecule has 104 valence electrons. The Balaban J connectivity index is 2.11. The second-order valence-corrected chi connectivity index (χ2v) is 4.58. The van der Waals surface area contributed by atoms with Crippen molar-refractivity contribution in [3.05, 3.63) is 57.4 Å². The second-order valence-electron chi connectivity index (χ2n) is 4.15. The molecule has 0 aliphatic heterocycles. The van der Waals surface area contributed by atoms with E-state index in [4.69, 9.17) is 16.3 Å². The number of hydrogen-bond donors (Lipinski definition) is 0. The van der Waals surface area contributed by atoms with Gasteiger partial charge in [-0.25, -0.2) is 0 Å². The number of carbonyl (C=O) groups excluding carboxylic acids is 1. The van der Waals surface area contributed by atoms with Gasteiger partial charge in [0.15, 0.2) is 12.4 Å². The highest BCUT2D eigenvalue weighted by Crippen LogP contribution is 2.29. The van der Waals surface area contributed by atoms with E-state index < -0.39 is 4.92 Å². The Bertz CT molecular complexity index is 666. The summed E-state index contributed by atoms with van der Waals surface area (Å²) in [4.78, 5) is 22.1. The van der Waals surface area contributed by atoms with Crippen LogP contribution in [0, 0.1) is 10.1 Å². The zero-order chi connectivity index (χ0) is 14.7. The molecule has 2 aromatic rings. The molecule has 0 saturated heterocycles. The molecule has 1 aromatic heterocycles. The first-order valence-corrected chi connectivity index (χ1v) is 6.07. The molecule has 2 rings (SSSR count). The fourth-order valence-corrected chi connectivity index (χ4v) is 1.82. The number of hydrogen-bond acceptors (Lipinski definition) is 4. The van der Waals surface area contributed by atoms with E-state index in [-0.39, 0.29) is 28.8 Å². The minimum absolute atomic E-state index is 0.0173. The Kier molecular flexibility index (Phi) is 4.05. The molecule has 0 amide bonds. The molecule has 0 N–H and O–H groups in total. The van der Waals surface area contributed by atoms with Gasteiger partial charge < -0.3 is 9.30 Å². The maximum Gasteiger partial charge on any atom is 0.312 e. The summed E-state index contributed by atoms with van der Waals surface area (Å²) in [7, 11) is 1.79. The van der Waals surface area contributed by atoms with E-state index >= 15 is 0 Å². The zero-order valence-corrected chi connectivity index (χ0v) is 11.3. The van der Waals surface area contributed by atoms with E-state index in [0.717, 1.165) is 0 Å². The molecule has 0 spiro atoms. The quantitative estimate of drug-likeness (QED) is 0.483. The summed E-state index contributed by atoms with van der Waals surface area (Å²) in [6.45, 7) is -0.271. The van der Waals surface area contributed by atoms with Gasteiger partial charge in [0.1, 0.15) is 0 Å². The van der Waals surface area contributed by atoms with Crippen molar-refractivity contribution >= 4 is 23.1 Å². The third kappa shape index (κ3) is 3.16. The van der Waals surface area contributed by atoms with Gasteiger partial charge in [-0.05, 0) is 18.2 Å². The molecule has 1 heterocycles. The van der Waals surface area contributed by atoms with E-state index in [0.29, 0.717) is 5.56 Å². The number of aryl methyl sites for hydroxylation is 1. The van der Waals surface area contributed by atoms with E-state index in [1.807, 2.05) is 0 Å². The van der Waals surface area contributed by atoms with Crippen molar-refractivity contribution in [1.82, 2.24) is 4.57 Å². The van der Waals surface area contributed by atoms with Crippen LogP contribution in [0.2, 0.25) is 5.02 Å². The molecule has 1 aromatic carbocycles. The van der Waals surface area contributed by atoms with Crippen LogP contribution in [0.25, 0.3) is 0 Å². The van der Waals surface area contributed by atoms with Crippen molar-refractivity contribution < 1.29 is 14.5 Å². The number of nitro benzene ring substituents is 1. The third-order valence-corrected chi connectivity index (χ3v) is 2.87. The number of nitrogens with zero attached hydrogens (tertiary/aromatic N) is 2. The predicted molar refractivity (Wildman–Crippen MR) is 73.3 cm³/mol. The van der Waals surface area contributed by atoms with Gasteiger partial charge in [0.05, 0.1) is 4.92 Å². The fraction of sp³-hybridized carbons (Fsp3) is 0.154. The van der Waals surface area contributed by atoms with Crippen molar-refractivity contribution in [3.8, 4) is 5.75 Å². The van der Waals surface area contributed by atoms with Crippen LogP contribution in [-0.2, 0) is 7.05 Å². The molecule has 6 nitrogen and oxygen atoms in total. The van der Waals surface area contributed by atoms with Crippen LogP contribution >= 0.6 is 11.6 Å². The van der Waals surface area contributed by atoms with Gasteiger partial charge in [-0.3, -0.25) is 14.9 Å². The van der Waals surface area contributed by atoms with E-state index in [1.165, 1.54) is 18.2 Å². The lowest BCUT2D eigenvalue weighted by molar-refractivity contribution is -0.385. The van der Waals surface area contributed by atoms with Crippen LogP contribution in [0.15, 0.2) is 36.7 Å². The highest BCUT2D eigenvalue weighted by atomic mass is 35.5. The van der Waals surface area contributed by atoms with E-state index in [2.05, 4.69) is 0 Å². The summed E-state index contributed by atoms with van der Waals surface area (Å²) in [6.07, 6.45) is 3.39. The van der Waals surface area contributed by atoms with Crippen molar-refractivity contribution in [1.29, 1.82) is 0 Å². The summed E-state index contributed by atoms with van der Waals surface area (Å²) in [6, 6.07) is 5.68. The summed E-state index contributed by atoms with van der Waals surface area (Å²) in [5, 5.41) is 11.1. The number of benzene rings is 1. The van der Waals surface area contributed by atoms with Crippen molar-refractivity contribution in [2.45, 2.75) is 0 Å². The van der Waals surface area contributed by atoms with Gasteiger partial charge >= 0.3 is 5.69 Å². The van der Waals surface area contributed by atoms with Crippen molar-refractivity contribution in [2.24, 2.45) is 7.05 Å². The second kappa shape index (κ2) is 5.75. The number of ether oxygens (including phenoxy) is 1. The average molecular weight is 295 g/mol. The van der Waals surface area contributed by atoms with Crippen LogP contribution in [0.5, 0.6) is 5.75 Å². The van der Waals surface area contributed by atoms with Crippen LogP contribution < -0.4 is 4.74 Å². The minimum atomic E-state index is -0.603. The molecule has 0 fully saturated rings. The Morgan fingerprint density at radius 1 is 1.45 bits per heavy atom. The van der Waals surface area contributed by atoms with Gasteiger partial charge in [-0.2, -0.15) is 0 Å². The molecule has 7 heteroatoms. The van der Waals surface area contributed by atoms with Gasteiger partial charge in [-0.15, -0.1) is 0 Å². The van der Waals surface area contributed by atoms with Gasteiger partial charge in [0, 0.05) is 36.1 Å². The highest BCUT2D eigenvalue weighted by Gasteiger charge is 2.17. The third-order valence-electron chi connectivity index (χ3n) is 2.63. The standard InChI is InChI=1S/C13H11ClN2O4/c1-15-5-4-9(7-15)12(17)8-20-13-3-2-10(14)6-11(13)16(18)19/h2-7H,8H2,1H3. The predicted octanol–water partition coefficient (Wildman–Crippen LogP) is 2.85. The molecule has 0 unspecified atom stereocenters. The lowest BCUT2D eigenvalue weighted by atomic mass is 10.2. The molecule has 0 saturated carbocycles. The number of ketones is 1. The summed E-state index contributed by atoms with van der Waals surface area (Å²) in [5.74, 6) is -0.237. The van der Waals surface area contributed by atoms with Gasteiger partial charge in [0.2, 0.25) is 5.78 Å². The molecule has 0 aliphatic carbocycles.